The molecule has 1 aliphatic rings. The molecule has 0 spiro atoms. The van der Waals surface area contributed by atoms with Gasteiger partial charge in [0.2, 0.25) is 11.7 Å². The lowest BCUT2D eigenvalue weighted by molar-refractivity contribution is -0.115. The molecule has 1 aromatic rings. The van der Waals surface area contributed by atoms with Gasteiger partial charge in [0.15, 0.2) is 11.5 Å². The summed E-state index contributed by atoms with van der Waals surface area (Å²) in [6, 6.07) is 3.42. The minimum absolute atomic E-state index is 0.0927. The van der Waals surface area contributed by atoms with E-state index in [1.165, 1.54) is 12.8 Å². The Bertz CT molecular complexity index is 475. The van der Waals surface area contributed by atoms with Crippen LogP contribution in [0, 0.1) is 5.92 Å². The molecule has 116 valence electrons. The van der Waals surface area contributed by atoms with Gasteiger partial charge in [0.25, 0.3) is 0 Å². The van der Waals surface area contributed by atoms with E-state index in [1.54, 1.807) is 33.5 Å². The molecule has 1 amide bonds. The van der Waals surface area contributed by atoms with Gasteiger partial charge in [-0.05, 0) is 25.3 Å². The molecule has 1 fully saturated rings. The number of amides is 1. The molecule has 0 radical (unpaired) electrons. The van der Waals surface area contributed by atoms with E-state index in [2.05, 4.69) is 10.6 Å². The number of hydrogen-bond acceptors (Lipinski definition) is 5. The van der Waals surface area contributed by atoms with Crippen LogP contribution in [0.25, 0.3) is 0 Å². The fraction of sp³-hybridized carbons (Fsp3) is 0.533. The summed E-state index contributed by atoms with van der Waals surface area (Å²) in [6.45, 7) is 1.20. The van der Waals surface area contributed by atoms with Crippen molar-refractivity contribution in [2.24, 2.45) is 5.92 Å². The molecule has 0 atom stereocenters. The highest BCUT2D eigenvalue weighted by Gasteiger charge is 2.20. The molecule has 6 heteroatoms. The lowest BCUT2D eigenvalue weighted by atomic mass is 10.2. The first kappa shape index (κ1) is 15.4. The standard InChI is InChI=1S/C15H22N2O4/c1-19-12-6-11(7-13(20-2)15(12)21-3)17-14(18)9-16-8-10-4-5-10/h6-7,10,16H,4-5,8-9H2,1-3H3,(H,17,18). The first-order chi connectivity index (χ1) is 10.2. The second kappa shape index (κ2) is 7.17. The van der Waals surface area contributed by atoms with Gasteiger partial charge in [-0.2, -0.15) is 0 Å². The van der Waals surface area contributed by atoms with E-state index in [4.69, 9.17) is 14.2 Å². The number of benzene rings is 1. The average molecular weight is 294 g/mol. The van der Waals surface area contributed by atoms with Crippen LogP contribution in [0.15, 0.2) is 12.1 Å². The molecule has 0 saturated heterocycles. The highest BCUT2D eigenvalue weighted by Crippen LogP contribution is 2.39. The highest BCUT2D eigenvalue weighted by atomic mass is 16.5. The van der Waals surface area contributed by atoms with E-state index in [0.29, 0.717) is 29.5 Å². The van der Waals surface area contributed by atoms with Crippen LogP contribution >= 0.6 is 0 Å². The van der Waals surface area contributed by atoms with Gasteiger partial charge in [-0.25, -0.2) is 0 Å². The number of methoxy groups -OCH3 is 3. The SMILES string of the molecule is COc1cc(NC(=O)CNCC2CC2)cc(OC)c1OC. The zero-order chi connectivity index (χ0) is 15.2. The quantitative estimate of drug-likeness (QED) is 0.763. The molecule has 2 rings (SSSR count). The number of rotatable bonds is 8. The van der Waals surface area contributed by atoms with E-state index >= 15 is 0 Å². The van der Waals surface area contributed by atoms with Crippen LogP contribution in [0.2, 0.25) is 0 Å². The summed E-state index contributed by atoms with van der Waals surface area (Å²) in [6.07, 6.45) is 2.53. The van der Waals surface area contributed by atoms with Crippen molar-refractivity contribution < 1.29 is 19.0 Å². The number of ether oxygens (including phenoxy) is 3. The van der Waals surface area contributed by atoms with Crippen LogP contribution < -0.4 is 24.8 Å². The molecular formula is C15H22N2O4. The van der Waals surface area contributed by atoms with Crippen LogP contribution in [0.5, 0.6) is 17.2 Å². The van der Waals surface area contributed by atoms with Crippen molar-refractivity contribution in [1.29, 1.82) is 0 Å². The first-order valence-electron chi connectivity index (χ1n) is 6.98. The monoisotopic (exact) mass is 294 g/mol. The molecule has 0 aromatic heterocycles. The third-order valence-electron chi connectivity index (χ3n) is 3.36. The molecule has 0 aliphatic heterocycles. The van der Waals surface area contributed by atoms with Crippen LogP contribution in [-0.4, -0.2) is 40.3 Å². The molecule has 6 nitrogen and oxygen atoms in total. The maximum atomic E-state index is 11.9. The normalized spacial score (nSPS) is 13.7. The molecule has 1 saturated carbocycles. The molecule has 21 heavy (non-hydrogen) atoms. The van der Waals surface area contributed by atoms with Crippen molar-refractivity contribution in [3.05, 3.63) is 12.1 Å². The predicted octanol–water partition coefficient (Wildman–Crippen LogP) is 1.65. The Labute approximate surface area is 124 Å². The summed E-state index contributed by atoms with van der Waals surface area (Å²) in [7, 11) is 4.63. The van der Waals surface area contributed by atoms with E-state index in [0.717, 1.165) is 12.5 Å². The third kappa shape index (κ3) is 4.26. The van der Waals surface area contributed by atoms with Gasteiger partial charge in [0.1, 0.15) is 0 Å². The van der Waals surface area contributed by atoms with E-state index in [1.807, 2.05) is 0 Å². The fourth-order valence-electron chi connectivity index (χ4n) is 2.07. The second-order valence-electron chi connectivity index (χ2n) is 5.04. The van der Waals surface area contributed by atoms with Crippen molar-refractivity contribution in [2.45, 2.75) is 12.8 Å². The number of nitrogens with one attached hydrogen (secondary N) is 2. The Morgan fingerprint density at radius 1 is 1.14 bits per heavy atom. The molecule has 1 aromatic carbocycles. The second-order valence-corrected chi connectivity index (χ2v) is 5.04. The Morgan fingerprint density at radius 3 is 2.24 bits per heavy atom. The minimum Gasteiger partial charge on any atom is -0.493 e. The summed E-state index contributed by atoms with van der Waals surface area (Å²) in [5, 5.41) is 5.97. The van der Waals surface area contributed by atoms with E-state index < -0.39 is 0 Å². The maximum Gasteiger partial charge on any atom is 0.238 e. The van der Waals surface area contributed by atoms with Crippen LogP contribution in [0.1, 0.15) is 12.8 Å². The zero-order valence-electron chi connectivity index (χ0n) is 12.7. The van der Waals surface area contributed by atoms with Crippen molar-refractivity contribution in [3.8, 4) is 17.2 Å². The molecule has 1 aliphatic carbocycles. The van der Waals surface area contributed by atoms with Crippen molar-refractivity contribution in [2.75, 3.05) is 39.7 Å². The van der Waals surface area contributed by atoms with E-state index in [9.17, 15) is 4.79 Å². The molecule has 0 unspecified atom stereocenters. The first-order valence-corrected chi connectivity index (χ1v) is 6.98. The van der Waals surface area contributed by atoms with Crippen LogP contribution in [0.4, 0.5) is 5.69 Å². The summed E-state index contributed by atoms with van der Waals surface area (Å²) >= 11 is 0. The fourth-order valence-corrected chi connectivity index (χ4v) is 2.07. The molecular weight excluding hydrogens is 272 g/mol. The summed E-state index contributed by atoms with van der Waals surface area (Å²) in [4.78, 5) is 11.9. The lowest BCUT2D eigenvalue weighted by Gasteiger charge is -2.14. The van der Waals surface area contributed by atoms with Crippen molar-refractivity contribution >= 4 is 11.6 Å². The van der Waals surface area contributed by atoms with Gasteiger partial charge >= 0.3 is 0 Å². The largest absolute Gasteiger partial charge is 0.493 e. The molecule has 0 bridgehead atoms. The summed E-state index contributed by atoms with van der Waals surface area (Å²) in [5.41, 5.74) is 0.614. The lowest BCUT2D eigenvalue weighted by Crippen LogP contribution is -2.29. The smallest absolute Gasteiger partial charge is 0.238 e. The Balaban J connectivity index is 1.99. The summed E-state index contributed by atoms with van der Waals surface area (Å²) in [5.74, 6) is 2.19. The molecule has 0 heterocycles. The Morgan fingerprint density at radius 2 is 1.76 bits per heavy atom. The zero-order valence-corrected chi connectivity index (χ0v) is 12.7. The Hall–Kier alpha value is -1.95. The van der Waals surface area contributed by atoms with Gasteiger partial charge in [-0.15, -0.1) is 0 Å². The third-order valence-corrected chi connectivity index (χ3v) is 3.36. The van der Waals surface area contributed by atoms with Gasteiger partial charge in [0.05, 0.1) is 27.9 Å². The number of carbonyl (C=O) groups is 1. The molecule has 2 N–H and O–H groups in total. The number of anilines is 1. The van der Waals surface area contributed by atoms with Gasteiger partial charge in [-0.3, -0.25) is 4.79 Å². The average Bonchev–Trinajstić information content (AvgIpc) is 3.30. The van der Waals surface area contributed by atoms with Crippen molar-refractivity contribution in [3.63, 3.8) is 0 Å². The number of carbonyl (C=O) groups excluding carboxylic acids is 1. The minimum atomic E-state index is -0.0927. The predicted molar refractivity (Wildman–Crippen MR) is 80.3 cm³/mol. The van der Waals surface area contributed by atoms with Gasteiger partial charge in [0, 0.05) is 17.8 Å². The summed E-state index contributed by atoms with van der Waals surface area (Å²) < 4.78 is 15.7. The van der Waals surface area contributed by atoms with Crippen LogP contribution in [-0.2, 0) is 4.79 Å². The Kier molecular flexibility index (Phi) is 5.27. The van der Waals surface area contributed by atoms with E-state index in [-0.39, 0.29) is 5.91 Å². The van der Waals surface area contributed by atoms with Crippen molar-refractivity contribution in [1.82, 2.24) is 5.32 Å². The van der Waals surface area contributed by atoms with Gasteiger partial charge in [-0.1, -0.05) is 0 Å². The maximum absolute atomic E-state index is 11.9. The highest BCUT2D eigenvalue weighted by molar-refractivity contribution is 5.93. The topological polar surface area (TPSA) is 68.8 Å². The van der Waals surface area contributed by atoms with Crippen LogP contribution in [0.3, 0.4) is 0 Å². The van der Waals surface area contributed by atoms with Gasteiger partial charge < -0.3 is 24.8 Å². The number of hydrogen-bond donors (Lipinski definition) is 2.